The molecule has 16 nitrogen and oxygen atoms in total. The van der Waals surface area contributed by atoms with Crippen LogP contribution < -0.4 is 21.5 Å². The van der Waals surface area contributed by atoms with Crippen molar-refractivity contribution in [3.63, 3.8) is 0 Å². The molecule has 1 unspecified atom stereocenters. The molecular formula is C41H42N10O6. The molecule has 57 heavy (non-hydrogen) atoms. The van der Waals surface area contributed by atoms with Crippen molar-refractivity contribution in [1.29, 1.82) is 0 Å². The molecule has 3 aliphatic rings. The second-order valence-electron chi connectivity index (χ2n) is 15.0. The minimum absolute atomic E-state index is 0.0710. The number of carbonyl (C=O) groups excluding carboxylic acids is 4. The van der Waals surface area contributed by atoms with E-state index in [1.165, 1.54) is 22.0 Å². The number of aromatic nitrogens is 5. The monoisotopic (exact) mass is 770 g/mol. The standard InChI is InChI=1S/C41H42N10O6/c1-4-17-49-37(54)30-22-43-40(47-35(30)51(49)33-8-5-7-32(45-33)41(2,3)57)44-27-10-9-24-15-19-48(23-25(24)20-27)18-6-16-42-26-11-12-28-29(21-26)39(56)50(38(28)55)31-13-14-34(52)46-36(31)53/h4-5,7-12,20-22,31,42,57H,1,6,13-19,23H2,2-3H3,(H,43,44,47)(H,46,52,53). The number of rotatable bonds is 12. The number of nitrogens with one attached hydrogen (secondary N) is 3. The highest BCUT2D eigenvalue weighted by molar-refractivity contribution is 6.23. The highest BCUT2D eigenvalue weighted by atomic mass is 16.3. The van der Waals surface area contributed by atoms with Crippen LogP contribution in [0.5, 0.6) is 0 Å². The summed E-state index contributed by atoms with van der Waals surface area (Å²) in [5.74, 6) is -1.37. The van der Waals surface area contributed by atoms with E-state index in [1.54, 1.807) is 61.0 Å². The van der Waals surface area contributed by atoms with Crippen LogP contribution in [0.1, 0.15) is 70.6 Å². The summed E-state index contributed by atoms with van der Waals surface area (Å²) in [6, 6.07) is 15.5. The van der Waals surface area contributed by atoms with E-state index < -0.39 is 35.3 Å². The molecule has 6 heterocycles. The molecule has 1 saturated heterocycles. The molecule has 1 atom stereocenters. The Labute approximate surface area is 327 Å². The van der Waals surface area contributed by atoms with Crippen molar-refractivity contribution < 1.29 is 24.3 Å². The Morgan fingerprint density at radius 1 is 0.965 bits per heavy atom. The first kappa shape index (κ1) is 37.4. The van der Waals surface area contributed by atoms with Crippen LogP contribution in [-0.2, 0) is 34.7 Å². The van der Waals surface area contributed by atoms with Crippen LogP contribution in [0.4, 0.5) is 17.3 Å². The Morgan fingerprint density at radius 2 is 1.77 bits per heavy atom. The third-order valence-electron chi connectivity index (χ3n) is 10.5. The third-order valence-corrected chi connectivity index (χ3v) is 10.5. The zero-order valence-corrected chi connectivity index (χ0v) is 31.6. The number of imide groups is 2. The fourth-order valence-corrected chi connectivity index (χ4v) is 7.62. The van der Waals surface area contributed by atoms with E-state index in [4.69, 9.17) is 4.98 Å². The fourth-order valence-electron chi connectivity index (χ4n) is 7.62. The van der Waals surface area contributed by atoms with Crippen LogP contribution in [0, 0.1) is 0 Å². The van der Waals surface area contributed by atoms with Crippen molar-refractivity contribution in [1.82, 2.24) is 39.4 Å². The third kappa shape index (κ3) is 7.20. The van der Waals surface area contributed by atoms with E-state index >= 15 is 0 Å². The lowest BCUT2D eigenvalue weighted by Crippen LogP contribution is -2.54. The number of anilines is 3. The lowest BCUT2D eigenvalue weighted by molar-refractivity contribution is -0.136. The molecule has 3 aliphatic heterocycles. The molecule has 0 bridgehead atoms. The Hall–Kier alpha value is -6.52. The van der Waals surface area contributed by atoms with Gasteiger partial charge >= 0.3 is 0 Å². The molecule has 2 aromatic carbocycles. The van der Waals surface area contributed by atoms with Crippen molar-refractivity contribution >= 4 is 52.0 Å². The number of hydrogen-bond donors (Lipinski definition) is 4. The maximum atomic E-state index is 13.4. The average molecular weight is 771 g/mol. The van der Waals surface area contributed by atoms with Crippen LogP contribution in [-0.4, -0.2) is 88.5 Å². The lowest BCUT2D eigenvalue weighted by Gasteiger charge is -2.29. The quantitative estimate of drug-likeness (QED) is 0.0822. The summed E-state index contributed by atoms with van der Waals surface area (Å²) in [7, 11) is 0. The minimum atomic E-state index is -1.19. The molecule has 16 heteroatoms. The molecule has 1 fully saturated rings. The molecule has 3 aromatic heterocycles. The molecule has 292 valence electrons. The molecule has 5 aromatic rings. The van der Waals surface area contributed by atoms with Gasteiger partial charge in [-0.3, -0.25) is 39.1 Å². The zero-order chi connectivity index (χ0) is 40.0. The first-order chi connectivity index (χ1) is 27.4. The minimum Gasteiger partial charge on any atom is -0.385 e. The number of piperidine rings is 1. The summed E-state index contributed by atoms with van der Waals surface area (Å²) in [6.45, 7) is 10.5. The van der Waals surface area contributed by atoms with Crippen LogP contribution >= 0.6 is 0 Å². The zero-order valence-electron chi connectivity index (χ0n) is 31.6. The molecule has 4 amide bonds. The van der Waals surface area contributed by atoms with Gasteiger partial charge in [-0.15, -0.1) is 6.58 Å². The number of amides is 4. The van der Waals surface area contributed by atoms with E-state index in [0.717, 1.165) is 43.1 Å². The fraction of sp³-hybridized carbons (Fsp3) is 0.317. The number of hydrogen-bond acceptors (Lipinski definition) is 12. The van der Waals surface area contributed by atoms with Crippen molar-refractivity contribution in [2.24, 2.45) is 0 Å². The Balaban J connectivity index is 0.913. The normalized spacial score (nSPS) is 17.1. The maximum Gasteiger partial charge on any atom is 0.278 e. The molecule has 0 radical (unpaired) electrons. The van der Waals surface area contributed by atoms with Crippen molar-refractivity contribution in [3.05, 3.63) is 112 Å². The number of allylic oxidation sites excluding steroid dienone is 1. The van der Waals surface area contributed by atoms with Crippen molar-refractivity contribution in [2.75, 3.05) is 30.3 Å². The van der Waals surface area contributed by atoms with Crippen LogP contribution in [0.3, 0.4) is 0 Å². The van der Waals surface area contributed by atoms with Gasteiger partial charge in [-0.2, -0.15) is 4.98 Å². The van der Waals surface area contributed by atoms with Gasteiger partial charge in [-0.25, -0.2) is 19.3 Å². The van der Waals surface area contributed by atoms with E-state index in [9.17, 15) is 29.1 Å². The van der Waals surface area contributed by atoms with E-state index in [2.05, 4.69) is 49.5 Å². The van der Waals surface area contributed by atoms with E-state index in [-0.39, 0.29) is 36.1 Å². The Bertz CT molecular complexity index is 2540. The SMILES string of the molecule is C=CCn1c(=O)c2cnc(Nc3ccc4c(c3)CN(CCCNc3ccc5c(c3)C(=O)N(C3CCC(=O)NC3=O)C5=O)CC4)nc2n1-c1cccc(C(C)(C)O)n1. The van der Waals surface area contributed by atoms with E-state index in [0.29, 0.717) is 40.7 Å². The molecule has 0 aliphatic carbocycles. The molecule has 0 saturated carbocycles. The van der Waals surface area contributed by atoms with Gasteiger partial charge in [0.1, 0.15) is 17.0 Å². The number of benzene rings is 2. The summed E-state index contributed by atoms with van der Waals surface area (Å²) in [6.07, 6.45) is 5.04. The number of pyridine rings is 1. The lowest BCUT2D eigenvalue weighted by atomic mass is 9.99. The predicted molar refractivity (Wildman–Crippen MR) is 211 cm³/mol. The summed E-state index contributed by atoms with van der Waals surface area (Å²) in [5.41, 5.74) is 3.79. The summed E-state index contributed by atoms with van der Waals surface area (Å²) < 4.78 is 3.12. The van der Waals surface area contributed by atoms with Crippen LogP contribution in [0.25, 0.3) is 16.9 Å². The van der Waals surface area contributed by atoms with Gasteiger partial charge in [0.15, 0.2) is 11.5 Å². The highest BCUT2D eigenvalue weighted by Crippen LogP contribution is 2.30. The summed E-state index contributed by atoms with van der Waals surface area (Å²) in [5, 5.41) is 19.8. The summed E-state index contributed by atoms with van der Waals surface area (Å²) in [4.78, 5) is 80.9. The van der Waals surface area contributed by atoms with Gasteiger partial charge in [0.2, 0.25) is 17.8 Å². The van der Waals surface area contributed by atoms with E-state index in [1.807, 2.05) is 6.07 Å². The van der Waals surface area contributed by atoms with Gasteiger partial charge in [0, 0.05) is 50.2 Å². The number of aliphatic hydroxyl groups is 1. The van der Waals surface area contributed by atoms with Crippen LogP contribution in [0.15, 0.2) is 78.2 Å². The first-order valence-electron chi connectivity index (χ1n) is 18.9. The predicted octanol–water partition coefficient (Wildman–Crippen LogP) is 3.40. The Morgan fingerprint density at radius 3 is 2.56 bits per heavy atom. The molecule has 0 spiro atoms. The first-order valence-corrected chi connectivity index (χ1v) is 18.9. The second-order valence-corrected chi connectivity index (χ2v) is 15.0. The average Bonchev–Trinajstić information content (AvgIpc) is 3.60. The van der Waals surface area contributed by atoms with Gasteiger partial charge < -0.3 is 15.7 Å². The van der Waals surface area contributed by atoms with Crippen LogP contribution in [0.2, 0.25) is 0 Å². The van der Waals surface area contributed by atoms with Gasteiger partial charge in [0.05, 0.1) is 23.4 Å². The second kappa shape index (κ2) is 14.9. The topological polar surface area (TPSA) is 197 Å². The summed E-state index contributed by atoms with van der Waals surface area (Å²) >= 11 is 0. The number of carbonyl (C=O) groups is 4. The van der Waals surface area contributed by atoms with Gasteiger partial charge in [0.25, 0.3) is 17.4 Å². The maximum absolute atomic E-state index is 13.4. The Kier molecular flexibility index (Phi) is 9.75. The largest absolute Gasteiger partial charge is 0.385 e. The molecule has 8 rings (SSSR count). The van der Waals surface area contributed by atoms with Crippen molar-refractivity contribution in [3.8, 4) is 5.82 Å². The molecular weight excluding hydrogens is 729 g/mol. The van der Waals surface area contributed by atoms with Gasteiger partial charge in [-0.1, -0.05) is 18.2 Å². The number of nitrogens with zero attached hydrogens (tertiary/aromatic N) is 7. The molecule has 4 N–H and O–H groups in total. The smallest absolute Gasteiger partial charge is 0.278 e. The number of fused-ring (bicyclic) bond motifs is 3. The van der Waals surface area contributed by atoms with Gasteiger partial charge in [-0.05, 0) is 86.7 Å². The highest BCUT2D eigenvalue weighted by Gasteiger charge is 2.44. The van der Waals surface area contributed by atoms with Crippen molar-refractivity contribution in [2.45, 2.75) is 64.3 Å².